The van der Waals surface area contributed by atoms with Gasteiger partial charge >= 0.3 is 12.1 Å². The molecule has 0 atom stereocenters. The van der Waals surface area contributed by atoms with Gasteiger partial charge in [-0.1, -0.05) is 47.6 Å². The standard InChI is InChI=1S/C22H19FN6O5/c1-13-19(24-22(32)33-11-10-14-4-2-3-5-17(14)23)20(34-27-13)15-6-8-16(9-7-15)21-25-28-29(26-21)12-18(30)31/h2-9H,10-12H2,1H3,(H,24,32)(H,30,31). The Morgan fingerprint density at radius 2 is 1.88 bits per heavy atom. The number of amides is 1. The van der Waals surface area contributed by atoms with E-state index in [-0.39, 0.29) is 24.7 Å². The van der Waals surface area contributed by atoms with Gasteiger partial charge in [0.05, 0.1) is 6.61 Å². The minimum absolute atomic E-state index is 0.00329. The van der Waals surface area contributed by atoms with Crippen LogP contribution in [0, 0.1) is 12.7 Å². The number of carboxylic acid groups (broad SMARTS) is 1. The van der Waals surface area contributed by atoms with Crippen LogP contribution in [0.1, 0.15) is 11.3 Å². The third-order valence-electron chi connectivity index (χ3n) is 4.79. The highest BCUT2D eigenvalue weighted by atomic mass is 19.1. The molecule has 0 radical (unpaired) electrons. The molecule has 4 aromatic rings. The minimum atomic E-state index is -1.08. The molecule has 34 heavy (non-hydrogen) atoms. The monoisotopic (exact) mass is 466 g/mol. The van der Waals surface area contributed by atoms with Crippen molar-refractivity contribution < 1.29 is 28.3 Å². The van der Waals surface area contributed by atoms with Gasteiger partial charge in [0.2, 0.25) is 5.82 Å². The van der Waals surface area contributed by atoms with Crippen LogP contribution in [0.25, 0.3) is 22.7 Å². The normalized spacial score (nSPS) is 10.8. The van der Waals surface area contributed by atoms with Crippen LogP contribution in [0.2, 0.25) is 0 Å². The molecule has 1 amide bonds. The summed E-state index contributed by atoms with van der Waals surface area (Å²) in [5, 5.41) is 26.9. The fourth-order valence-electron chi connectivity index (χ4n) is 3.12. The molecule has 0 bridgehead atoms. The lowest BCUT2D eigenvalue weighted by Gasteiger charge is -2.08. The smallest absolute Gasteiger partial charge is 0.411 e. The second-order valence-corrected chi connectivity index (χ2v) is 7.19. The van der Waals surface area contributed by atoms with E-state index in [2.05, 4.69) is 25.9 Å². The average molecular weight is 466 g/mol. The molecule has 0 saturated carbocycles. The number of aliphatic carboxylic acids is 1. The fraction of sp³-hybridized carbons (Fsp3) is 0.182. The number of nitrogens with zero attached hydrogens (tertiary/aromatic N) is 5. The van der Waals surface area contributed by atoms with Gasteiger partial charge in [0.25, 0.3) is 0 Å². The van der Waals surface area contributed by atoms with Crippen molar-refractivity contribution in [1.29, 1.82) is 0 Å². The summed E-state index contributed by atoms with van der Waals surface area (Å²) in [5.74, 6) is -0.853. The molecule has 2 heterocycles. The average Bonchev–Trinajstić information content (AvgIpc) is 3.42. The quantitative estimate of drug-likeness (QED) is 0.399. The molecule has 2 N–H and O–H groups in total. The summed E-state index contributed by atoms with van der Waals surface area (Å²) in [6.45, 7) is 1.27. The number of anilines is 1. The van der Waals surface area contributed by atoms with E-state index in [1.54, 1.807) is 49.4 Å². The second-order valence-electron chi connectivity index (χ2n) is 7.19. The van der Waals surface area contributed by atoms with Crippen molar-refractivity contribution in [3.8, 4) is 22.7 Å². The van der Waals surface area contributed by atoms with Gasteiger partial charge in [-0.25, -0.2) is 9.18 Å². The van der Waals surface area contributed by atoms with Gasteiger partial charge in [0, 0.05) is 17.5 Å². The summed E-state index contributed by atoms with van der Waals surface area (Å²) >= 11 is 0. The van der Waals surface area contributed by atoms with Gasteiger partial charge in [0.1, 0.15) is 17.2 Å². The van der Waals surface area contributed by atoms with Crippen molar-refractivity contribution in [3.63, 3.8) is 0 Å². The lowest BCUT2D eigenvalue weighted by atomic mass is 10.1. The number of benzene rings is 2. The number of aromatic nitrogens is 5. The Kier molecular flexibility index (Phi) is 6.57. The van der Waals surface area contributed by atoms with Gasteiger partial charge in [-0.05, 0) is 23.8 Å². The zero-order chi connectivity index (χ0) is 24.1. The first-order valence-electron chi connectivity index (χ1n) is 10.1. The van der Waals surface area contributed by atoms with Crippen LogP contribution in [0.5, 0.6) is 0 Å². The summed E-state index contributed by atoms with van der Waals surface area (Å²) in [7, 11) is 0. The number of carbonyl (C=O) groups is 2. The zero-order valence-electron chi connectivity index (χ0n) is 17.9. The van der Waals surface area contributed by atoms with Crippen LogP contribution in [-0.2, 0) is 22.5 Å². The Morgan fingerprint density at radius 1 is 1.15 bits per heavy atom. The molecule has 0 aliphatic carbocycles. The largest absolute Gasteiger partial charge is 0.480 e. The van der Waals surface area contributed by atoms with Crippen LogP contribution in [0.15, 0.2) is 53.1 Å². The van der Waals surface area contributed by atoms with E-state index in [0.717, 1.165) is 4.80 Å². The maximum absolute atomic E-state index is 13.7. The Labute approximate surface area is 192 Å². The number of carbonyl (C=O) groups excluding carboxylic acids is 1. The van der Waals surface area contributed by atoms with Gasteiger partial charge in [0.15, 0.2) is 12.3 Å². The number of tetrazole rings is 1. The fourth-order valence-corrected chi connectivity index (χ4v) is 3.12. The van der Waals surface area contributed by atoms with Gasteiger partial charge < -0.3 is 14.4 Å². The molecule has 0 aliphatic heterocycles. The highest BCUT2D eigenvalue weighted by molar-refractivity contribution is 5.90. The summed E-state index contributed by atoms with van der Waals surface area (Å²) in [4.78, 5) is 24.0. The Balaban J connectivity index is 1.42. The first kappa shape index (κ1) is 22.6. The number of rotatable bonds is 8. The minimum Gasteiger partial charge on any atom is -0.480 e. The molecule has 0 saturated heterocycles. The molecule has 2 aromatic heterocycles. The molecule has 0 aliphatic rings. The number of aryl methyl sites for hydroxylation is 1. The molecule has 0 unspecified atom stereocenters. The number of ether oxygens (including phenoxy) is 1. The second kappa shape index (κ2) is 9.90. The molecule has 12 heteroatoms. The van der Waals surface area contributed by atoms with E-state index in [9.17, 15) is 14.0 Å². The lowest BCUT2D eigenvalue weighted by molar-refractivity contribution is -0.138. The van der Waals surface area contributed by atoms with Crippen LogP contribution in [0.4, 0.5) is 14.9 Å². The molecule has 11 nitrogen and oxygen atoms in total. The number of hydrogen-bond acceptors (Lipinski definition) is 8. The SMILES string of the molecule is Cc1noc(-c2ccc(-c3nnn(CC(=O)O)n3)cc2)c1NC(=O)OCCc1ccccc1F. The summed E-state index contributed by atoms with van der Waals surface area (Å²) in [6, 6.07) is 13.1. The summed E-state index contributed by atoms with van der Waals surface area (Å²) in [5.41, 5.74) is 2.47. The molecule has 174 valence electrons. The van der Waals surface area contributed by atoms with E-state index >= 15 is 0 Å². The molecule has 2 aromatic carbocycles. The Bertz CT molecular complexity index is 1320. The number of hydrogen-bond donors (Lipinski definition) is 2. The van der Waals surface area contributed by atoms with Crippen molar-refractivity contribution in [2.75, 3.05) is 11.9 Å². The van der Waals surface area contributed by atoms with Gasteiger partial charge in [-0.2, -0.15) is 4.80 Å². The van der Waals surface area contributed by atoms with E-state index in [1.165, 1.54) is 6.07 Å². The lowest BCUT2D eigenvalue weighted by Crippen LogP contribution is -2.16. The van der Waals surface area contributed by atoms with Crippen LogP contribution >= 0.6 is 0 Å². The highest BCUT2D eigenvalue weighted by Crippen LogP contribution is 2.32. The first-order valence-corrected chi connectivity index (χ1v) is 10.1. The third-order valence-corrected chi connectivity index (χ3v) is 4.79. The topological polar surface area (TPSA) is 145 Å². The van der Waals surface area contributed by atoms with Crippen LogP contribution in [0.3, 0.4) is 0 Å². The molecule has 4 rings (SSSR count). The first-order chi connectivity index (χ1) is 16.4. The molecular weight excluding hydrogens is 447 g/mol. The maximum Gasteiger partial charge on any atom is 0.411 e. The highest BCUT2D eigenvalue weighted by Gasteiger charge is 2.19. The van der Waals surface area contributed by atoms with Crippen LogP contribution in [-0.4, -0.2) is 49.1 Å². The van der Waals surface area contributed by atoms with Crippen molar-refractivity contribution >= 4 is 17.7 Å². The van der Waals surface area contributed by atoms with E-state index in [0.29, 0.717) is 33.8 Å². The molecule has 0 fully saturated rings. The van der Waals surface area contributed by atoms with Gasteiger partial charge in [-0.15, -0.1) is 10.2 Å². The maximum atomic E-state index is 13.7. The van der Waals surface area contributed by atoms with Gasteiger partial charge in [-0.3, -0.25) is 10.1 Å². The summed E-state index contributed by atoms with van der Waals surface area (Å²) < 4.78 is 24.2. The number of halogens is 1. The predicted octanol–water partition coefficient (Wildman–Crippen LogP) is 3.32. The van der Waals surface area contributed by atoms with Crippen LogP contribution < -0.4 is 5.32 Å². The zero-order valence-corrected chi connectivity index (χ0v) is 17.9. The third kappa shape index (κ3) is 5.23. The molecular formula is C22H19FN6O5. The van der Waals surface area contributed by atoms with E-state index in [4.69, 9.17) is 14.4 Å². The number of nitrogens with one attached hydrogen (secondary N) is 1. The van der Waals surface area contributed by atoms with Crippen molar-refractivity contribution in [2.45, 2.75) is 19.9 Å². The molecule has 0 spiro atoms. The van der Waals surface area contributed by atoms with E-state index < -0.39 is 18.6 Å². The van der Waals surface area contributed by atoms with Crippen molar-refractivity contribution in [3.05, 3.63) is 65.6 Å². The van der Waals surface area contributed by atoms with Crippen molar-refractivity contribution in [1.82, 2.24) is 25.4 Å². The van der Waals surface area contributed by atoms with Crippen molar-refractivity contribution in [2.24, 2.45) is 0 Å². The summed E-state index contributed by atoms with van der Waals surface area (Å²) in [6.07, 6.45) is -0.484. The Hall–Kier alpha value is -4.61. The predicted molar refractivity (Wildman–Crippen MR) is 116 cm³/mol. The Morgan fingerprint density at radius 3 is 2.62 bits per heavy atom. The number of carboxylic acids is 1. The van der Waals surface area contributed by atoms with E-state index in [1.807, 2.05) is 0 Å².